The molecule has 1 saturated heterocycles. The summed E-state index contributed by atoms with van der Waals surface area (Å²) in [5, 5.41) is 9.05. The number of methoxy groups -OCH3 is 3. The van der Waals surface area contributed by atoms with Crippen LogP contribution in [0.25, 0.3) is 0 Å². The molecule has 3 rings (SSSR count). The van der Waals surface area contributed by atoms with Crippen LogP contribution in [0.15, 0.2) is 36.4 Å². The summed E-state index contributed by atoms with van der Waals surface area (Å²) in [4.78, 5) is 16.6. The van der Waals surface area contributed by atoms with Gasteiger partial charge < -0.3 is 24.0 Å². The van der Waals surface area contributed by atoms with E-state index in [1.54, 1.807) is 34.1 Å². The van der Waals surface area contributed by atoms with Crippen LogP contribution in [0.4, 0.5) is 18.9 Å². The number of piperazine rings is 1. The number of rotatable bonds is 6. The monoisotopic (exact) mass is 463 g/mol. The molecular formula is C23H24F3N3O4. The van der Waals surface area contributed by atoms with Crippen molar-refractivity contribution in [2.75, 3.05) is 52.5 Å². The molecule has 2 aromatic carbocycles. The van der Waals surface area contributed by atoms with Gasteiger partial charge in [-0.05, 0) is 30.3 Å². The molecule has 10 heteroatoms. The van der Waals surface area contributed by atoms with E-state index in [0.717, 1.165) is 6.07 Å². The third-order valence-corrected chi connectivity index (χ3v) is 5.53. The van der Waals surface area contributed by atoms with Crippen molar-refractivity contribution < 1.29 is 32.2 Å². The van der Waals surface area contributed by atoms with Crippen molar-refractivity contribution in [1.29, 1.82) is 5.26 Å². The number of amides is 1. The Bertz CT molecular complexity index is 1050. The number of carbonyl (C=O) groups excluding carboxylic acids is 1. The first-order valence-electron chi connectivity index (χ1n) is 10.1. The van der Waals surface area contributed by atoms with Crippen molar-refractivity contribution in [2.24, 2.45) is 0 Å². The zero-order valence-corrected chi connectivity index (χ0v) is 18.5. The molecule has 0 aromatic heterocycles. The molecule has 1 aliphatic rings. The predicted molar refractivity (Wildman–Crippen MR) is 115 cm³/mol. The maximum atomic E-state index is 13.4. The smallest absolute Gasteiger partial charge is 0.417 e. The van der Waals surface area contributed by atoms with Crippen LogP contribution in [0.2, 0.25) is 0 Å². The number of benzene rings is 2. The summed E-state index contributed by atoms with van der Waals surface area (Å²) in [6.07, 6.45) is -4.65. The van der Waals surface area contributed by atoms with Crippen LogP contribution in [0.5, 0.6) is 11.5 Å². The van der Waals surface area contributed by atoms with E-state index in [9.17, 15) is 18.0 Å². The van der Waals surface area contributed by atoms with E-state index in [0.29, 0.717) is 29.3 Å². The summed E-state index contributed by atoms with van der Waals surface area (Å²) in [5.41, 5.74) is -0.742. The first kappa shape index (κ1) is 24.2. The second-order valence-electron chi connectivity index (χ2n) is 7.46. The van der Waals surface area contributed by atoms with Crippen LogP contribution in [0.3, 0.4) is 0 Å². The Morgan fingerprint density at radius 1 is 1.12 bits per heavy atom. The summed E-state index contributed by atoms with van der Waals surface area (Å²) < 4.78 is 56.1. The van der Waals surface area contributed by atoms with Crippen molar-refractivity contribution in [2.45, 2.75) is 12.2 Å². The summed E-state index contributed by atoms with van der Waals surface area (Å²) in [6.45, 7) is 1.02. The van der Waals surface area contributed by atoms with Gasteiger partial charge in [0.25, 0.3) is 5.91 Å². The van der Waals surface area contributed by atoms with E-state index in [-0.39, 0.29) is 31.6 Å². The molecule has 7 nitrogen and oxygen atoms in total. The van der Waals surface area contributed by atoms with Gasteiger partial charge in [0.05, 0.1) is 49.6 Å². The number of nitriles is 1. The molecule has 1 heterocycles. The van der Waals surface area contributed by atoms with E-state index in [1.165, 1.54) is 33.5 Å². The van der Waals surface area contributed by atoms with Gasteiger partial charge in [0.1, 0.15) is 11.5 Å². The van der Waals surface area contributed by atoms with Crippen molar-refractivity contribution in [1.82, 2.24) is 4.90 Å². The number of hydrogen-bond acceptors (Lipinski definition) is 6. The lowest BCUT2D eigenvalue weighted by Gasteiger charge is -2.42. The fourth-order valence-corrected chi connectivity index (χ4v) is 3.90. The van der Waals surface area contributed by atoms with E-state index in [2.05, 4.69) is 0 Å². The SMILES string of the molecule is COCC1CN(C(=O)c2ccc(OC)cc2OC)CCN1c1ccc(C#N)c(C(F)(F)F)c1. The molecule has 2 aromatic rings. The number of hydrogen-bond donors (Lipinski definition) is 0. The Morgan fingerprint density at radius 2 is 1.88 bits per heavy atom. The van der Waals surface area contributed by atoms with Gasteiger partial charge in [-0.2, -0.15) is 18.4 Å². The minimum Gasteiger partial charge on any atom is -0.497 e. The van der Waals surface area contributed by atoms with Crippen LogP contribution >= 0.6 is 0 Å². The van der Waals surface area contributed by atoms with Crippen LogP contribution < -0.4 is 14.4 Å². The average Bonchev–Trinajstić information content (AvgIpc) is 2.82. The summed E-state index contributed by atoms with van der Waals surface area (Å²) in [5.74, 6) is 0.657. The number of halogens is 3. The van der Waals surface area contributed by atoms with Crippen molar-refractivity contribution in [3.63, 3.8) is 0 Å². The van der Waals surface area contributed by atoms with E-state index in [4.69, 9.17) is 19.5 Å². The number of alkyl halides is 3. The van der Waals surface area contributed by atoms with Gasteiger partial charge in [-0.15, -0.1) is 0 Å². The molecule has 176 valence electrons. The van der Waals surface area contributed by atoms with Crippen LogP contribution in [-0.4, -0.2) is 64.4 Å². The van der Waals surface area contributed by atoms with Gasteiger partial charge in [-0.25, -0.2) is 0 Å². The zero-order chi connectivity index (χ0) is 24.2. The number of anilines is 1. The molecule has 1 unspecified atom stereocenters. The number of nitrogens with zero attached hydrogens (tertiary/aromatic N) is 3. The molecule has 0 aliphatic carbocycles. The third kappa shape index (κ3) is 5.14. The Hall–Kier alpha value is -3.45. The number of carbonyl (C=O) groups is 1. The molecule has 1 atom stereocenters. The van der Waals surface area contributed by atoms with Gasteiger partial charge >= 0.3 is 6.18 Å². The van der Waals surface area contributed by atoms with E-state index in [1.807, 2.05) is 0 Å². The lowest BCUT2D eigenvalue weighted by molar-refractivity contribution is -0.137. The predicted octanol–water partition coefficient (Wildman–Crippen LogP) is 3.57. The van der Waals surface area contributed by atoms with Crippen LogP contribution in [0.1, 0.15) is 21.5 Å². The second-order valence-corrected chi connectivity index (χ2v) is 7.46. The Kier molecular flexibility index (Phi) is 7.33. The van der Waals surface area contributed by atoms with Crippen molar-refractivity contribution in [3.8, 4) is 17.6 Å². The van der Waals surface area contributed by atoms with Gasteiger partial charge in [-0.3, -0.25) is 4.79 Å². The third-order valence-electron chi connectivity index (χ3n) is 5.53. The summed E-state index contributed by atoms with van der Waals surface area (Å²) >= 11 is 0. The Balaban J connectivity index is 1.87. The first-order valence-corrected chi connectivity index (χ1v) is 10.1. The van der Waals surface area contributed by atoms with Gasteiger partial charge in [0.2, 0.25) is 0 Å². The highest BCUT2D eigenvalue weighted by atomic mass is 19.4. The molecule has 1 aliphatic heterocycles. The minimum atomic E-state index is -4.65. The molecule has 33 heavy (non-hydrogen) atoms. The summed E-state index contributed by atoms with van der Waals surface area (Å²) in [7, 11) is 4.46. The molecular weight excluding hydrogens is 439 g/mol. The minimum absolute atomic E-state index is 0.199. The molecule has 0 saturated carbocycles. The molecule has 0 bridgehead atoms. The second kappa shape index (κ2) is 10.0. The Morgan fingerprint density at radius 3 is 2.48 bits per heavy atom. The molecule has 1 amide bonds. The largest absolute Gasteiger partial charge is 0.497 e. The molecule has 0 spiro atoms. The maximum absolute atomic E-state index is 13.4. The highest BCUT2D eigenvalue weighted by Gasteiger charge is 2.36. The normalized spacial score (nSPS) is 16.3. The quantitative estimate of drug-likeness (QED) is 0.652. The highest BCUT2D eigenvalue weighted by molar-refractivity contribution is 5.97. The van der Waals surface area contributed by atoms with E-state index < -0.39 is 17.3 Å². The zero-order valence-electron chi connectivity index (χ0n) is 18.5. The average molecular weight is 463 g/mol. The standard InChI is InChI=1S/C23H24F3N3O4/c1-31-14-17-13-28(22(30)19-7-6-18(32-2)11-21(19)33-3)8-9-29(17)16-5-4-15(12-27)20(10-16)23(24,25)26/h4-7,10-11,17H,8-9,13-14H2,1-3H3. The van der Waals surface area contributed by atoms with Gasteiger partial charge in [0, 0.05) is 38.5 Å². The maximum Gasteiger partial charge on any atom is 0.417 e. The topological polar surface area (TPSA) is 75.0 Å². The Labute approximate surface area is 189 Å². The van der Waals surface area contributed by atoms with Gasteiger partial charge in [-0.1, -0.05) is 0 Å². The number of ether oxygens (including phenoxy) is 3. The van der Waals surface area contributed by atoms with Crippen molar-refractivity contribution >= 4 is 11.6 Å². The van der Waals surface area contributed by atoms with Crippen LogP contribution in [-0.2, 0) is 10.9 Å². The van der Waals surface area contributed by atoms with Crippen LogP contribution in [0, 0.1) is 11.3 Å². The van der Waals surface area contributed by atoms with Gasteiger partial charge in [0.15, 0.2) is 0 Å². The fraction of sp³-hybridized carbons (Fsp3) is 0.391. The molecule has 1 fully saturated rings. The fourth-order valence-electron chi connectivity index (χ4n) is 3.90. The summed E-state index contributed by atoms with van der Waals surface area (Å²) in [6, 6.07) is 9.74. The van der Waals surface area contributed by atoms with Crippen molar-refractivity contribution in [3.05, 3.63) is 53.1 Å². The first-order chi connectivity index (χ1) is 15.7. The lowest BCUT2D eigenvalue weighted by atomic mass is 10.0. The lowest BCUT2D eigenvalue weighted by Crippen LogP contribution is -2.56. The molecule has 0 N–H and O–H groups in total. The molecule has 0 radical (unpaired) electrons. The van der Waals surface area contributed by atoms with E-state index >= 15 is 0 Å². The highest BCUT2D eigenvalue weighted by Crippen LogP contribution is 2.35.